The summed E-state index contributed by atoms with van der Waals surface area (Å²) in [4.78, 5) is 4.72. The fourth-order valence-electron chi connectivity index (χ4n) is 3.54. The lowest BCUT2D eigenvalue weighted by Crippen LogP contribution is -2.18. The van der Waals surface area contributed by atoms with Crippen molar-refractivity contribution in [3.8, 4) is 6.07 Å². The molecule has 2 aliphatic carbocycles. The summed E-state index contributed by atoms with van der Waals surface area (Å²) in [5.74, 6) is 1.33. The quantitative estimate of drug-likeness (QED) is 0.743. The van der Waals surface area contributed by atoms with E-state index in [9.17, 15) is 5.26 Å². The van der Waals surface area contributed by atoms with E-state index in [0.29, 0.717) is 6.04 Å². The number of aromatic nitrogens is 2. The van der Waals surface area contributed by atoms with E-state index < -0.39 is 0 Å². The van der Waals surface area contributed by atoms with Crippen molar-refractivity contribution in [1.29, 1.82) is 5.26 Å². The molecule has 0 bridgehead atoms. The molecule has 3 nitrogen and oxygen atoms in total. The van der Waals surface area contributed by atoms with E-state index in [4.69, 9.17) is 4.98 Å². The normalized spacial score (nSPS) is 27.8. The zero-order chi connectivity index (χ0) is 11.8. The second-order valence-corrected chi connectivity index (χ2v) is 5.36. The summed E-state index contributed by atoms with van der Waals surface area (Å²) in [5.41, 5.74) is 2.73. The summed E-state index contributed by atoms with van der Waals surface area (Å²) in [6.45, 7) is 2.10. The summed E-state index contributed by atoms with van der Waals surface area (Å²) in [7, 11) is 0. The molecular formula is C14H19N3. The van der Waals surface area contributed by atoms with Gasteiger partial charge in [0.25, 0.3) is 0 Å². The van der Waals surface area contributed by atoms with Crippen molar-refractivity contribution in [2.24, 2.45) is 5.92 Å². The maximum Gasteiger partial charge on any atom is 0.106 e. The first-order chi connectivity index (χ1) is 8.31. The largest absolute Gasteiger partial charge is 0.328 e. The van der Waals surface area contributed by atoms with E-state index in [1.807, 2.05) is 0 Å². The second kappa shape index (κ2) is 4.18. The lowest BCUT2D eigenvalue weighted by atomic mass is 9.99. The van der Waals surface area contributed by atoms with Gasteiger partial charge in [-0.2, -0.15) is 5.26 Å². The molecule has 17 heavy (non-hydrogen) atoms. The topological polar surface area (TPSA) is 41.6 Å². The van der Waals surface area contributed by atoms with Crippen molar-refractivity contribution in [2.75, 3.05) is 0 Å². The molecule has 0 radical (unpaired) electrons. The van der Waals surface area contributed by atoms with Crippen molar-refractivity contribution in [1.82, 2.24) is 9.55 Å². The highest BCUT2D eigenvalue weighted by Gasteiger charge is 2.32. The number of fused-ring (bicyclic) bond motifs is 1. The number of rotatable bonds is 1. The van der Waals surface area contributed by atoms with Crippen molar-refractivity contribution in [3.05, 3.63) is 17.2 Å². The highest BCUT2D eigenvalue weighted by molar-refractivity contribution is 5.22. The average molecular weight is 229 g/mol. The first-order valence-corrected chi connectivity index (χ1v) is 6.77. The SMILES string of the molecule is Cc1nc2c(n1C1CCCC1C#N)CCCC2. The van der Waals surface area contributed by atoms with E-state index in [0.717, 1.165) is 31.5 Å². The van der Waals surface area contributed by atoms with Crippen LogP contribution in [-0.2, 0) is 12.8 Å². The van der Waals surface area contributed by atoms with Crippen LogP contribution < -0.4 is 0 Å². The number of hydrogen-bond donors (Lipinski definition) is 0. The Bertz CT molecular complexity index is 467. The van der Waals surface area contributed by atoms with Crippen LogP contribution in [0.2, 0.25) is 0 Å². The van der Waals surface area contributed by atoms with E-state index in [-0.39, 0.29) is 5.92 Å². The van der Waals surface area contributed by atoms with Gasteiger partial charge in [-0.1, -0.05) is 0 Å². The number of nitriles is 1. The van der Waals surface area contributed by atoms with Gasteiger partial charge < -0.3 is 4.57 Å². The van der Waals surface area contributed by atoms with Gasteiger partial charge in [-0.05, 0) is 51.9 Å². The molecule has 1 aromatic heterocycles. The zero-order valence-corrected chi connectivity index (χ0v) is 10.4. The van der Waals surface area contributed by atoms with Crippen LogP contribution in [0.3, 0.4) is 0 Å². The fraction of sp³-hybridized carbons (Fsp3) is 0.714. The molecule has 0 saturated heterocycles. The molecule has 1 heterocycles. The molecule has 3 rings (SSSR count). The Hall–Kier alpha value is -1.30. The van der Waals surface area contributed by atoms with Gasteiger partial charge in [-0.25, -0.2) is 4.98 Å². The van der Waals surface area contributed by atoms with Crippen LogP contribution in [0, 0.1) is 24.2 Å². The molecular weight excluding hydrogens is 210 g/mol. The molecule has 2 aliphatic rings. The third kappa shape index (κ3) is 1.67. The van der Waals surface area contributed by atoms with Gasteiger partial charge in [-0.15, -0.1) is 0 Å². The van der Waals surface area contributed by atoms with Gasteiger partial charge in [0.15, 0.2) is 0 Å². The number of imidazole rings is 1. The molecule has 2 atom stereocenters. The van der Waals surface area contributed by atoms with E-state index in [1.54, 1.807) is 0 Å². The lowest BCUT2D eigenvalue weighted by Gasteiger charge is -2.22. The molecule has 1 aromatic rings. The van der Waals surface area contributed by atoms with Crippen LogP contribution in [0.5, 0.6) is 0 Å². The average Bonchev–Trinajstić information content (AvgIpc) is 2.90. The minimum atomic E-state index is 0.203. The maximum atomic E-state index is 9.25. The molecule has 2 unspecified atom stereocenters. The van der Waals surface area contributed by atoms with Crippen LogP contribution in [-0.4, -0.2) is 9.55 Å². The van der Waals surface area contributed by atoms with Crippen molar-refractivity contribution in [3.63, 3.8) is 0 Å². The molecule has 3 heteroatoms. The van der Waals surface area contributed by atoms with E-state index >= 15 is 0 Å². The fourth-order valence-corrected chi connectivity index (χ4v) is 3.54. The molecule has 0 aliphatic heterocycles. The Morgan fingerprint density at radius 3 is 2.88 bits per heavy atom. The Kier molecular flexibility index (Phi) is 2.66. The minimum absolute atomic E-state index is 0.203. The predicted molar refractivity (Wildman–Crippen MR) is 65.6 cm³/mol. The van der Waals surface area contributed by atoms with Gasteiger partial charge in [-0.3, -0.25) is 0 Å². The number of aryl methyl sites for hydroxylation is 2. The predicted octanol–water partition coefficient (Wildman–Crippen LogP) is 2.94. The Labute approximate surface area is 102 Å². The summed E-state index contributed by atoms with van der Waals surface area (Å²) in [6.07, 6.45) is 8.25. The molecule has 1 saturated carbocycles. The van der Waals surface area contributed by atoms with Crippen molar-refractivity contribution in [2.45, 2.75) is 57.9 Å². The van der Waals surface area contributed by atoms with Crippen LogP contribution in [0.25, 0.3) is 0 Å². The highest BCUT2D eigenvalue weighted by Crippen LogP contribution is 2.38. The molecule has 0 amide bonds. The highest BCUT2D eigenvalue weighted by atomic mass is 15.1. The minimum Gasteiger partial charge on any atom is -0.328 e. The molecule has 0 N–H and O–H groups in total. The van der Waals surface area contributed by atoms with E-state index in [1.165, 1.54) is 30.7 Å². The van der Waals surface area contributed by atoms with Crippen LogP contribution >= 0.6 is 0 Å². The summed E-state index contributed by atoms with van der Waals surface area (Å²) >= 11 is 0. The lowest BCUT2D eigenvalue weighted by molar-refractivity contribution is 0.423. The van der Waals surface area contributed by atoms with E-state index in [2.05, 4.69) is 17.6 Å². The van der Waals surface area contributed by atoms with Gasteiger partial charge in [0.05, 0.1) is 23.7 Å². The first kappa shape index (κ1) is 10.8. The maximum absolute atomic E-state index is 9.25. The molecule has 0 aromatic carbocycles. The monoisotopic (exact) mass is 229 g/mol. The third-order valence-electron chi connectivity index (χ3n) is 4.32. The Morgan fingerprint density at radius 1 is 1.24 bits per heavy atom. The van der Waals surface area contributed by atoms with Gasteiger partial charge in [0, 0.05) is 5.69 Å². The standard InChI is InChI=1S/C14H19N3/c1-10-16-12-6-2-3-7-14(12)17(10)13-8-4-5-11(13)9-15/h11,13H,2-8H2,1H3. The molecule has 90 valence electrons. The summed E-state index contributed by atoms with van der Waals surface area (Å²) in [6, 6.07) is 2.89. The van der Waals surface area contributed by atoms with Gasteiger partial charge in [0.1, 0.15) is 5.82 Å². The van der Waals surface area contributed by atoms with Gasteiger partial charge in [0.2, 0.25) is 0 Å². The third-order valence-corrected chi connectivity index (χ3v) is 4.32. The zero-order valence-electron chi connectivity index (χ0n) is 10.4. The summed E-state index contributed by atoms with van der Waals surface area (Å²) < 4.78 is 2.40. The van der Waals surface area contributed by atoms with Crippen LogP contribution in [0.15, 0.2) is 0 Å². The smallest absolute Gasteiger partial charge is 0.106 e. The van der Waals surface area contributed by atoms with Crippen LogP contribution in [0.4, 0.5) is 0 Å². The first-order valence-electron chi connectivity index (χ1n) is 6.77. The molecule has 1 fully saturated rings. The summed E-state index contributed by atoms with van der Waals surface area (Å²) in [5, 5.41) is 9.25. The Morgan fingerprint density at radius 2 is 2.06 bits per heavy atom. The van der Waals surface area contributed by atoms with Crippen molar-refractivity contribution < 1.29 is 0 Å². The van der Waals surface area contributed by atoms with Crippen LogP contribution in [0.1, 0.15) is 55.4 Å². The second-order valence-electron chi connectivity index (χ2n) is 5.36. The van der Waals surface area contributed by atoms with Crippen molar-refractivity contribution >= 4 is 0 Å². The number of hydrogen-bond acceptors (Lipinski definition) is 2. The number of nitrogens with zero attached hydrogens (tertiary/aromatic N) is 3. The molecule has 0 spiro atoms. The van der Waals surface area contributed by atoms with Gasteiger partial charge >= 0.3 is 0 Å². The Balaban J connectivity index is 2.02.